The second kappa shape index (κ2) is 6.16. The first kappa shape index (κ1) is 13.4. The zero-order valence-electron chi connectivity index (χ0n) is 9.37. The molecule has 0 aliphatic rings. The molecular weight excluding hydrogens is 249 g/mol. The molecule has 0 radical (unpaired) electrons. The van der Waals surface area contributed by atoms with Crippen LogP contribution in [0.2, 0.25) is 5.22 Å². The smallest absolute Gasteiger partial charge is 0.258 e. The molecule has 90 valence electrons. The molecule has 1 heterocycles. The number of alkyl halides is 1. The molecule has 16 heavy (non-hydrogen) atoms. The van der Waals surface area contributed by atoms with Crippen molar-refractivity contribution in [2.75, 3.05) is 12.4 Å². The molecule has 3 nitrogen and oxygen atoms in total. The maximum Gasteiger partial charge on any atom is 0.258 e. The van der Waals surface area contributed by atoms with Crippen molar-refractivity contribution < 1.29 is 9.21 Å². The Balaban J connectivity index is 2.79. The highest BCUT2D eigenvalue weighted by Crippen LogP contribution is 2.19. The molecule has 1 amide bonds. The fourth-order valence-corrected chi connectivity index (χ4v) is 1.74. The van der Waals surface area contributed by atoms with Crippen molar-refractivity contribution in [2.24, 2.45) is 0 Å². The van der Waals surface area contributed by atoms with E-state index in [2.05, 4.69) is 0 Å². The Bertz CT molecular complexity index is 350. The quantitative estimate of drug-likeness (QED) is 0.763. The van der Waals surface area contributed by atoms with Gasteiger partial charge in [0.05, 0.1) is 11.8 Å². The molecular formula is C11H15Cl2NO2. The number of amides is 1. The number of hydrogen-bond donors (Lipinski definition) is 0. The number of rotatable bonds is 5. The summed E-state index contributed by atoms with van der Waals surface area (Å²) in [5.41, 5.74) is 0.407. The summed E-state index contributed by atoms with van der Waals surface area (Å²) in [7, 11) is 0. The van der Waals surface area contributed by atoms with Crippen LogP contribution in [0.5, 0.6) is 0 Å². The molecule has 0 spiro atoms. The van der Waals surface area contributed by atoms with Crippen LogP contribution in [0.15, 0.2) is 16.7 Å². The monoisotopic (exact) mass is 263 g/mol. The molecule has 0 aliphatic heterocycles. The molecule has 0 aliphatic carbocycles. The summed E-state index contributed by atoms with van der Waals surface area (Å²) in [6.45, 7) is 4.54. The molecule has 1 aromatic rings. The summed E-state index contributed by atoms with van der Waals surface area (Å²) in [5.74, 6) is 0.425. The summed E-state index contributed by atoms with van der Waals surface area (Å²) in [6.07, 6.45) is 2.18. The maximum absolute atomic E-state index is 12.1. The van der Waals surface area contributed by atoms with E-state index < -0.39 is 0 Å². The van der Waals surface area contributed by atoms with E-state index in [-0.39, 0.29) is 17.2 Å². The van der Waals surface area contributed by atoms with E-state index in [4.69, 9.17) is 27.6 Å². The Kier molecular flexibility index (Phi) is 5.16. The predicted molar refractivity (Wildman–Crippen MR) is 65.2 cm³/mol. The summed E-state index contributed by atoms with van der Waals surface area (Å²) in [4.78, 5) is 13.8. The first-order valence-corrected chi connectivity index (χ1v) is 6.09. The van der Waals surface area contributed by atoms with E-state index >= 15 is 0 Å². The van der Waals surface area contributed by atoms with Crippen LogP contribution in [0.1, 0.15) is 30.6 Å². The summed E-state index contributed by atoms with van der Waals surface area (Å²) >= 11 is 11.4. The summed E-state index contributed by atoms with van der Waals surface area (Å²) < 4.78 is 4.91. The average molecular weight is 264 g/mol. The van der Waals surface area contributed by atoms with Crippen molar-refractivity contribution in [3.05, 3.63) is 23.1 Å². The van der Waals surface area contributed by atoms with Crippen molar-refractivity contribution >= 4 is 29.1 Å². The Morgan fingerprint density at radius 1 is 1.56 bits per heavy atom. The van der Waals surface area contributed by atoms with Gasteiger partial charge in [-0.2, -0.15) is 0 Å². The highest BCUT2D eigenvalue weighted by atomic mass is 35.5. The van der Waals surface area contributed by atoms with Gasteiger partial charge in [0.25, 0.3) is 5.91 Å². The van der Waals surface area contributed by atoms with Crippen molar-refractivity contribution in [3.8, 4) is 0 Å². The topological polar surface area (TPSA) is 33.5 Å². The van der Waals surface area contributed by atoms with E-state index in [0.717, 1.165) is 6.42 Å². The molecule has 0 atom stereocenters. The normalized spacial score (nSPS) is 10.8. The summed E-state index contributed by atoms with van der Waals surface area (Å²) in [5, 5.41) is 0.140. The third-order valence-electron chi connectivity index (χ3n) is 2.27. The second-order valence-corrected chi connectivity index (χ2v) is 4.46. The molecule has 0 unspecified atom stereocenters. The number of halogens is 2. The molecule has 0 N–H and O–H groups in total. The van der Waals surface area contributed by atoms with Gasteiger partial charge in [-0.15, -0.1) is 11.6 Å². The number of hydrogen-bond acceptors (Lipinski definition) is 2. The van der Waals surface area contributed by atoms with E-state index in [0.29, 0.717) is 18.0 Å². The lowest BCUT2D eigenvalue weighted by Crippen LogP contribution is -2.37. The van der Waals surface area contributed by atoms with Gasteiger partial charge in [-0.1, -0.05) is 0 Å². The Hall–Kier alpha value is -0.670. The van der Waals surface area contributed by atoms with E-state index in [1.54, 1.807) is 11.0 Å². The molecule has 1 aromatic heterocycles. The Morgan fingerprint density at radius 2 is 2.25 bits per heavy atom. The fraction of sp³-hybridized carbons (Fsp3) is 0.545. The van der Waals surface area contributed by atoms with Crippen LogP contribution in [-0.4, -0.2) is 29.3 Å². The second-order valence-electron chi connectivity index (χ2n) is 3.74. The van der Waals surface area contributed by atoms with E-state index in [1.165, 1.54) is 6.26 Å². The first-order chi connectivity index (χ1) is 7.57. The van der Waals surface area contributed by atoms with Crippen molar-refractivity contribution in [2.45, 2.75) is 26.3 Å². The van der Waals surface area contributed by atoms with Gasteiger partial charge in [-0.25, -0.2) is 0 Å². The zero-order valence-corrected chi connectivity index (χ0v) is 10.9. The molecule has 0 saturated heterocycles. The van der Waals surface area contributed by atoms with Crippen molar-refractivity contribution in [3.63, 3.8) is 0 Å². The van der Waals surface area contributed by atoms with Crippen molar-refractivity contribution in [1.82, 2.24) is 4.90 Å². The average Bonchev–Trinajstić information content (AvgIpc) is 2.64. The fourth-order valence-electron chi connectivity index (χ4n) is 1.43. The molecule has 0 bridgehead atoms. The van der Waals surface area contributed by atoms with Crippen LogP contribution < -0.4 is 0 Å². The minimum atomic E-state index is -0.112. The third-order valence-corrected chi connectivity index (χ3v) is 2.83. The van der Waals surface area contributed by atoms with Gasteiger partial charge in [-0.05, 0) is 37.9 Å². The first-order valence-electron chi connectivity index (χ1n) is 5.17. The summed E-state index contributed by atoms with van der Waals surface area (Å²) in [6, 6.07) is 1.70. The van der Waals surface area contributed by atoms with Crippen LogP contribution in [0.3, 0.4) is 0 Å². The number of nitrogens with zero attached hydrogens (tertiary/aromatic N) is 1. The van der Waals surface area contributed by atoms with E-state index in [1.807, 2.05) is 13.8 Å². The van der Waals surface area contributed by atoms with Gasteiger partial charge in [0.2, 0.25) is 5.22 Å². The molecule has 1 rings (SSSR count). The molecule has 0 saturated carbocycles. The maximum atomic E-state index is 12.1. The number of carbonyl (C=O) groups excluding carboxylic acids is 1. The lowest BCUT2D eigenvalue weighted by molar-refractivity contribution is 0.0706. The van der Waals surface area contributed by atoms with Crippen LogP contribution >= 0.6 is 23.2 Å². The van der Waals surface area contributed by atoms with Gasteiger partial charge < -0.3 is 9.32 Å². The van der Waals surface area contributed by atoms with Gasteiger partial charge in [-0.3, -0.25) is 4.79 Å². The third kappa shape index (κ3) is 3.16. The van der Waals surface area contributed by atoms with Crippen LogP contribution in [0.25, 0.3) is 0 Å². The van der Waals surface area contributed by atoms with E-state index in [9.17, 15) is 4.79 Å². The van der Waals surface area contributed by atoms with Gasteiger partial charge in [0, 0.05) is 18.5 Å². The number of furan rings is 1. The minimum absolute atomic E-state index is 0.112. The lowest BCUT2D eigenvalue weighted by atomic mass is 10.2. The minimum Gasteiger partial charge on any atom is -0.452 e. The molecule has 5 heteroatoms. The van der Waals surface area contributed by atoms with Gasteiger partial charge in [0.1, 0.15) is 0 Å². The predicted octanol–water partition coefficient (Wildman–Crippen LogP) is 3.41. The molecule has 0 aromatic carbocycles. The molecule has 0 fully saturated rings. The van der Waals surface area contributed by atoms with Crippen LogP contribution in [-0.2, 0) is 0 Å². The SMILES string of the molecule is CC(C)N(CCCCl)C(=O)c1ccoc1Cl. The number of carbonyl (C=O) groups is 1. The van der Waals surface area contributed by atoms with Gasteiger partial charge >= 0.3 is 0 Å². The van der Waals surface area contributed by atoms with Crippen LogP contribution in [0, 0.1) is 0 Å². The largest absolute Gasteiger partial charge is 0.452 e. The zero-order chi connectivity index (χ0) is 12.1. The standard InChI is InChI=1S/C11H15Cl2NO2/c1-8(2)14(6-3-5-12)11(15)9-4-7-16-10(9)13/h4,7-8H,3,5-6H2,1-2H3. The Morgan fingerprint density at radius 3 is 2.69 bits per heavy atom. The highest BCUT2D eigenvalue weighted by molar-refractivity contribution is 6.32. The van der Waals surface area contributed by atoms with Crippen molar-refractivity contribution in [1.29, 1.82) is 0 Å². The lowest BCUT2D eigenvalue weighted by Gasteiger charge is -2.26. The van der Waals surface area contributed by atoms with Crippen LogP contribution in [0.4, 0.5) is 0 Å². The van der Waals surface area contributed by atoms with Gasteiger partial charge in [0.15, 0.2) is 0 Å². The highest BCUT2D eigenvalue weighted by Gasteiger charge is 2.21. The Labute approximate surface area is 105 Å².